The van der Waals surface area contributed by atoms with Crippen LogP contribution in [0.2, 0.25) is 5.02 Å². The zero-order valence-electron chi connectivity index (χ0n) is 10.3. The van der Waals surface area contributed by atoms with Crippen molar-refractivity contribution in [1.29, 1.82) is 0 Å². The number of nitrogens with zero attached hydrogens (tertiary/aromatic N) is 2. The van der Waals surface area contributed by atoms with E-state index in [1.807, 2.05) is 6.07 Å². The van der Waals surface area contributed by atoms with Crippen molar-refractivity contribution in [1.82, 2.24) is 9.78 Å². The molecule has 3 rings (SSSR count). The van der Waals surface area contributed by atoms with Crippen molar-refractivity contribution in [2.75, 3.05) is 5.32 Å². The first-order chi connectivity index (χ1) is 9.11. The van der Waals surface area contributed by atoms with Crippen LogP contribution in [-0.2, 0) is 18.3 Å². The summed E-state index contributed by atoms with van der Waals surface area (Å²) in [5.74, 6) is 0.538. The molecule has 1 aliphatic rings. The van der Waals surface area contributed by atoms with Gasteiger partial charge >= 0.3 is 0 Å². The highest BCUT2D eigenvalue weighted by atomic mass is 35.5. The number of halogens is 1. The van der Waals surface area contributed by atoms with Crippen molar-refractivity contribution >= 4 is 23.2 Å². The number of carbonyl (C=O) groups excluding carboxylic acids is 1. The zero-order valence-corrected chi connectivity index (χ0v) is 11.0. The summed E-state index contributed by atoms with van der Waals surface area (Å²) < 4.78 is 7.23. The molecule has 2 aromatic rings. The number of benzene rings is 1. The van der Waals surface area contributed by atoms with Gasteiger partial charge in [0.15, 0.2) is 6.10 Å². The summed E-state index contributed by atoms with van der Waals surface area (Å²) in [6, 6.07) is 5.37. The Morgan fingerprint density at radius 2 is 2.42 bits per heavy atom. The van der Waals surface area contributed by atoms with Gasteiger partial charge in [-0.1, -0.05) is 11.6 Å². The Bertz CT molecular complexity index is 639. The van der Waals surface area contributed by atoms with E-state index in [1.54, 1.807) is 36.3 Å². The first kappa shape index (κ1) is 12.0. The van der Waals surface area contributed by atoms with Crippen LogP contribution in [0, 0.1) is 0 Å². The standard InChI is InChI=1S/C13H12ClN3O2/c1-17-7-10(6-15-17)16-13(18)12-5-8-4-9(14)2-3-11(8)19-12/h2-4,6-7,12H,5H2,1H3,(H,16,18)/t12-/m1/s1. The molecule has 0 saturated carbocycles. The van der Waals surface area contributed by atoms with Gasteiger partial charge in [0.25, 0.3) is 5.91 Å². The van der Waals surface area contributed by atoms with Crippen LogP contribution in [-0.4, -0.2) is 21.8 Å². The Balaban J connectivity index is 1.70. The molecule has 0 aliphatic carbocycles. The molecule has 0 spiro atoms. The summed E-state index contributed by atoms with van der Waals surface area (Å²) in [7, 11) is 1.79. The maximum absolute atomic E-state index is 12.1. The van der Waals surface area contributed by atoms with Gasteiger partial charge in [0.1, 0.15) is 5.75 Å². The number of nitrogens with one attached hydrogen (secondary N) is 1. The highest BCUT2D eigenvalue weighted by Crippen LogP contribution is 2.31. The average Bonchev–Trinajstić information content (AvgIpc) is 2.95. The van der Waals surface area contributed by atoms with E-state index in [0.717, 1.165) is 11.3 Å². The van der Waals surface area contributed by atoms with E-state index in [0.29, 0.717) is 17.1 Å². The molecule has 0 fully saturated rings. The van der Waals surface area contributed by atoms with E-state index in [9.17, 15) is 4.79 Å². The fourth-order valence-corrected chi connectivity index (χ4v) is 2.27. The summed E-state index contributed by atoms with van der Waals surface area (Å²) in [5.41, 5.74) is 1.61. The van der Waals surface area contributed by atoms with Gasteiger partial charge in [-0.25, -0.2) is 0 Å². The lowest BCUT2D eigenvalue weighted by Gasteiger charge is -2.09. The van der Waals surface area contributed by atoms with Crippen molar-refractivity contribution in [3.8, 4) is 5.75 Å². The molecule has 0 unspecified atom stereocenters. The van der Waals surface area contributed by atoms with Crippen LogP contribution in [0.15, 0.2) is 30.6 Å². The lowest BCUT2D eigenvalue weighted by Crippen LogP contribution is -2.31. The monoisotopic (exact) mass is 277 g/mol. The van der Waals surface area contributed by atoms with Crippen molar-refractivity contribution in [2.45, 2.75) is 12.5 Å². The molecule has 1 N–H and O–H groups in total. The van der Waals surface area contributed by atoms with Crippen LogP contribution in [0.5, 0.6) is 5.75 Å². The first-order valence-electron chi connectivity index (χ1n) is 5.86. The number of ether oxygens (including phenoxy) is 1. The molecule has 0 bridgehead atoms. The number of fused-ring (bicyclic) bond motifs is 1. The van der Waals surface area contributed by atoms with E-state index < -0.39 is 6.10 Å². The predicted molar refractivity (Wildman–Crippen MR) is 71.4 cm³/mol. The maximum Gasteiger partial charge on any atom is 0.265 e. The number of aromatic nitrogens is 2. The molecule has 0 saturated heterocycles. The van der Waals surface area contributed by atoms with Gasteiger partial charge in [-0.05, 0) is 23.8 Å². The van der Waals surface area contributed by atoms with Gasteiger partial charge in [0, 0.05) is 24.7 Å². The molecule has 5 nitrogen and oxygen atoms in total. The second-order valence-electron chi connectivity index (χ2n) is 4.45. The fourth-order valence-electron chi connectivity index (χ4n) is 2.07. The molecule has 19 heavy (non-hydrogen) atoms. The summed E-state index contributed by atoms with van der Waals surface area (Å²) in [6.45, 7) is 0. The number of carbonyl (C=O) groups is 1. The SMILES string of the molecule is Cn1cc(NC(=O)[C@H]2Cc3cc(Cl)ccc3O2)cn1. The van der Waals surface area contributed by atoms with Crippen molar-refractivity contribution in [2.24, 2.45) is 7.05 Å². The minimum Gasteiger partial charge on any atom is -0.480 e. The Kier molecular flexibility index (Phi) is 2.91. The van der Waals surface area contributed by atoms with Crippen LogP contribution in [0.3, 0.4) is 0 Å². The molecule has 2 heterocycles. The molecule has 1 atom stereocenters. The molecular weight excluding hydrogens is 266 g/mol. The highest BCUT2D eigenvalue weighted by Gasteiger charge is 2.29. The van der Waals surface area contributed by atoms with Gasteiger partial charge in [0.2, 0.25) is 0 Å². The summed E-state index contributed by atoms with van der Waals surface area (Å²) in [6.07, 6.45) is 3.34. The van der Waals surface area contributed by atoms with Crippen molar-refractivity contribution < 1.29 is 9.53 Å². The van der Waals surface area contributed by atoms with Crippen LogP contribution in [0.1, 0.15) is 5.56 Å². The molecular formula is C13H12ClN3O2. The van der Waals surface area contributed by atoms with E-state index in [4.69, 9.17) is 16.3 Å². The number of amides is 1. The van der Waals surface area contributed by atoms with E-state index in [1.165, 1.54) is 0 Å². The van der Waals surface area contributed by atoms with Crippen LogP contribution >= 0.6 is 11.6 Å². The van der Waals surface area contributed by atoms with E-state index in [2.05, 4.69) is 10.4 Å². The maximum atomic E-state index is 12.1. The third-order valence-corrected chi connectivity index (χ3v) is 3.20. The quantitative estimate of drug-likeness (QED) is 0.914. The minimum absolute atomic E-state index is 0.180. The lowest BCUT2D eigenvalue weighted by atomic mass is 10.1. The molecule has 1 aliphatic heterocycles. The molecule has 6 heteroatoms. The number of anilines is 1. The number of rotatable bonds is 2. The molecule has 98 valence electrons. The smallest absolute Gasteiger partial charge is 0.265 e. The summed E-state index contributed by atoms with van der Waals surface area (Å²) in [4.78, 5) is 12.1. The van der Waals surface area contributed by atoms with E-state index >= 15 is 0 Å². The number of aryl methyl sites for hydroxylation is 1. The fraction of sp³-hybridized carbons (Fsp3) is 0.231. The predicted octanol–water partition coefficient (Wildman–Crippen LogP) is 2.02. The van der Waals surface area contributed by atoms with Gasteiger partial charge in [-0.3, -0.25) is 9.48 Å². The van der Waals surface area contributed by atoms with E-state index in [-0.39, 0.29) is 5.91 Å². The third-order valence-electron chi connectivity index (χ3n) is 2.96. The topological polar surface area (TPSA) is 56.2 Å². The Morgan fingerprint density at radius 3 is 3.16 bits per heavy atom. The van der Waals surface area contributed by atoms with Gasteiger partial charge in [-0.15, -0.1) is 0 Å². The van der Waals surface area contributed by atoms with Gasteiger partial charge < -0.3 is 10.1 Å². The van der Waals surface area contributed by atoms with Gasteiger partial charge in [0.05, 0.1) is 11.9 Å². The third kappa shape index (κ3) is 2.42. The minimum atomic E-state index is -0.520. The summed E-state index contributed by atoms with van der Waals surface area (Å²) in [5, 5.41) is 7.41. The molecule has 0 radical (unpaired) electrons. The number of hydrogen-bond acceptors (Lipinski definition) is 3. The molecule has 1 amide bonds. The largest absolute Gasteiger partial charge is 0.480 e. The van der Waals surface area contributed by atoms with Crippen molar-refractivity contribution in [3.05, 3.63) is 41.2 Å². The normalized spacial score (nSPS) is 16.8. The highest BCUT2D eigenvalue weighted by molar-refractivity contribution is 6.30. The Hall–Kier alpha value is -2.01. The second-order valence-corrected chi connectivity index (χ2v) is 4.89. The number of hydrogen-bond donors (Lipinski definition) is 1. The lowest BCUT2D eigenvalue weighted by molar-refractivity contribution is -0.122. The molecule has 1 aromatic heterocycles. The van der Waals surface area contributed by atoms with Gasteiger partial charge in [-0.2, -0.15) is 5.10 Å². The van der Waals surface area contributed by atoms with Crippen LogP contribution in [0.4, 0.5) is 5.69 Å². The Labute approximate surface area is 115 Å². The van der Waals surface area contributed by atoms with Crippen molar-refractivity contribution in [3.63, 3.8) is 0 Å². The zero-order chi connectivity index (χ0) is 13.4. The average molecular weight is 278 g/mol. The Morgan fingerprint density at radius 1 is 1.58 bits per heavy atom. The summed E-state index contributed by atoms with van der Waals surface area (Å²) >= 11 is 5.92. The molecule has 1 aromatic carbocycles. The van der Waals surface area contributed by atoms with Crippen LogP contribution in [0.25, 0.3) is 0 Å². The first-order valence-corrected chi connectivity index (χ1v) is 6.24. The second kappa shape index (κ2) is 4.59. The van der Waals surface area contributed by atoms with Crippen LogP contribution < -0.4 is 10.1 Å².